The number of carbonyl (C=O) groups is 1. The van der Waals surface area contributed by atoms with E-state index in [0.29, 0.717) is 0 Å². The topological polar surface area (TPSA) is 41.1 Å². The summed E-state index contributed by atoms with van der Waals surface area (Å²) >= 11 is 2.04. The maximum atomic E-state index is 11.3. The van der Waals surface area contributed by atoms with Gasteiger partial charge in [-0.3, -0.25) is 4.79 Å². The molecule has 1 amide bonds. The van der Waals surface area contributed by atoms with Crippen molar-refractivity contribution < 1.29 is 4.79 Å². The second-order valence-corrected chi connectivity index (χ2v) is 4.19. The highest BCUT2D eigenvalue weighted by atomic mass is 127. The Morgan fingerprint density at radius 3 is 2.73 bits per heavy atom. The second-order valence-electron chi connectivity index (χ2n) is 3.57. The molecule has 1 aliphatic rings. The molecule has 1 heterocycles. The van der Waals surface area contributed by atoms with Crippen LogP contribution < -0.4 is 8.85 Å². The summed E-state index contributed by atoms with van der Waals surface area (Å²) in [5, 5.41) is 2.83. The molecule has 0 aliphatic carbocycles. The number of hydrogen-bond donors (Lipinski definition) is 2. The zero-order valence-electron chi connectivity index (χ0n) is 6.78. The van der Waals surface area contributed by atoms with E-state index in [4.69, 9.17) is 0 Å². The molecule has 4 heteroatoms. The number of hydrogen-bond acceptors (Lipinski definition) is 2. The fraction of sp³-hybridized carbons (Fsp3) is 0.857. The maximum absolute atomic E-state index is 11.3. The molecule has 1 rings (SSSR count). The molecule has 0 radical (unpaired) electrons. The summed E-state index contributed by atoms with van der Waals surface area (Å²) < 4.78 is 3.00. The van der Waals surface area contributed by atoms with Crippen molar-refractivity contribution in [2.24, 2.45) is 5.41 Å². The minimum Gasteiger partial charge on any atom is -0.355 e. The van der Waals surface area contributed by atoms with E-state index in [1.807, 2.05) is 22.9 Å². The summed E-state index contributed by atoms with van der Waals surface area (Å²) in [5.74, 6) is 0.121. The van der Waals surface area contributed by atoms with Gasteiger partial charge in [0.1, 0.15) is 6.04 Å². The summed E-state index contributed by atoms with van der Waals surface area (Å²) in [4.78, 5) is 11.3. The molecule has 0 saturated carbocycles. The van der Waals surface area contributed by atoms with Gasteiger partial charge in [-0.05, 0) is 11.8 Å². The fourth-order valence-electron chi connectivity index (χ4n) is 1.31. The molecule has 0 aromatic heterocycles. The van der Waals surface area contributed by atoms with Crippen molar-refractivity contribution in [3.8, 4) is 0 Å². The molecule has 2 N–H and O–H groups in total. The van der Waals surface area contributed by atoms with Gasteiger partial charge < -0.3 is 5.32 Å². The molecule has 64 valence electrons. The Morgan fingerprint density at radius 2 is 2.36 bits per heavy atom. The number of rotatable bonds is 1. The lowest BCUT2D eigenvalue weighted by Gasteiger charge is -2.36. The maximum Gasteiger partial charge on any atom is 0.238 e. The first-order valence-electron chi connectivity index (χ1n) is 3.72. The zero-order chi connectivity index (χ0) is 8.48. The molecular weight excluding hydrogens is 255 g/mol. The molecular formula is C7H13IN2O. The van der Waals surface area contributed by atoms with Crippen molar-refractivity contribution in [2.45, 2.75) is 26.3 Å². The minimum atomic E-state index is -0.0446. The van der Waals surface area contributed by atoms with Gasteiger partial charge in [-0.2, -0.15) is 0 Å². The second kappa shape index (κ2) is 3.26. The Labute approximate surface area is 80.8 Å². The van der Waals surface area contributed by atoms with Crippen molar-refractivity contribution in [3.63, 3.8) is 0 Å². The van der Waals surface area contributed by atoms with Crippen LogP contribution in [0.4, 0.5) is 0 Å². The van der Waals surface area contributed by atoms with Crippen LogP contribution in [0, 0.1) is 5.41 Å². The van der Waals surface area contributed by atoms with E-state index in [1.54, 1.807) is 0 Å². The summed E-state index contributed by atoms with van der Waals surface area (Å²) in [7, 11) is 0. The standard InChI is InChI=1S/C7H13IN2O/c1-7(2)3-4-9-6(11)5(7)10-8/h5,10H,3-4H2,1-2H3,(H,9,11). The lowest BCUT2D eigenvalue weighted by molar-refractivity contribution is -0.127. The van der Waals surface area contributed by atoms with Crippen molar-refractivity contribution in [1.82, 2.24) is 8.85 Å². The summed E-state index contributed by atoms with van der Waals surface area (Å²) in [6.45, 7) is 5.03. The Hall–Kier alpha value is 0.160. The quantitative estimate of drug-likeness (QED) is 0.546. The highest BCUT2D eigenvalue weighted by Gasteiger charge is 2.37. The molecule has 1 saturated heterocycles. The zero-order valence-corrected chi connectivity index (χ0v) is 8.94. The number of halogens is 1. The van der Waals surface area contributed by atoms with E-state index >= 15 is 0 Å². The van der Waals surface area contributed by atoms with Crippen molar-refractivity contribution in [2.75, 3.05) is 6.54 Å². The van der Waals surface area contributed by atoms with Gasteiger partial charge in [0.15, 0.2) is 0 Å². The largest absolute Gasteiger partial charge is 0.355 e. The first kappa shape index (κ1) is 9.25. The number of carbonyl (C=O) groups excluding carboxylic acids is 1. The van der Waals surface area contributed by atoms with Gasteiger partial charge in [-0.1, -0.05) is 13.8 Å². The van der Waals surface area contributed by atoms with E-state index in [0.717, 1.165) is 13.0 Å². The normalized spacial score (nSPS) is 29.7. The van der Waals surface area contributed by atoms with Crippen LogP contribution in [0.3, 0.4) is 0 Å². The van der Waals surface area contributed by atoms with Gasteiger partial charge >= 0.3 is 0 Å². The van der Waals surface area contributed by atoms with Crippen molar-refractivity contribution in [1.29, 1.82) is 0 Å². The van der Waals surface area contributed by atoms with Crippen LogP contribution in [-0.2, 0) is 4.79 Å². The van der Waals surface area contributed by atoms with Gasteiger partial charge in [-0.15, -0.1) is 0 Å². The Morgan fingerprint density at radius 1 is 1.73 bits per heavy atom. The Balaban J connectivity index is 2.72. The lowest BCUT2D eigenvalue weighted by Crippen LogP contribution is -2.55. The lowest BCUT2D eigenvalue weighted by atomic mass is 9.79. The highest BCUT2D eigenvalue weighted by Crippen LogP contribution is 2.28. The van der Waals surface area contributed by atoms with Crippen LogP contribution in [0.2, 0.25) is 0 Å². The smallest absolute Gasteiger partial charge is 0.238 e. The first-order chi connectivity index (χ1) is 5.08. The third kappa shape index (κ3) is 1.84. The van der Waals surface area contributed by atoms with E-state index in [-0.39, 0.29) is 17.4 Å². The summed E-state index contributed by atoms with van der Waals surface area (Å²) in [6.07, 6.45) is 1.04. The number of nitrogens with one attached hydrogen (secondary N) is 2. The molecule has 1 unspecified atom stereocenters. The fourth-order valence-corrected chi connectivity index (χ4v) is 2.43. The third-order valence-corrected chi connectivity index (χ3v) is 2.84. The molecule has 0 aromatic rings. The van der Waals surface area contributed by atoms with Crippen molar-refractivity contribution >= 4 is 28.8 Å². The first-order valence-corrected chi connectivity index (χ1v) is 4.79. The average molecular weight is 268 g/mol. The molecule has 0 spiro atoms. The Kier molecular flexibility index (Phi) is 2.74. The highest BCUT2D eigenvalue weighted by molar-refractivity contribution is 14.1. The predicted molar refractivity (Wildman–Crippen MR) is 52.4 cm³/mol. The van der Waals surface area contributed by atoms with Crippen LogP contribution in [-0.4, -0.2) is 18.5 Å². The number of piperidine rings is 1. The molecule has 11 heavy (non-hydrogen) atoms. The average Bonchev–Trinajstić information content (AvgIpc) is 1.86. The third-order valence-electron chi connectivity index (χ3n) is 2.22. The molecule has 1 aliphatic heterocycles. The number of amides is 1. The van der Waals surface area contributed by atoms with Gasteiger partial charge in [0.25, 0.3) is 0 Å². The predicted octanol–water partition coefficient (Wildman–Crippen LogP) is 0.841. The summed E-state index contributed by atoms with van der Waals surface area (Å²) in [6, 6.07) is -0.0446. The van der Waals surface area contributed by atoms with E-state index in [1.165, 1.54) is 0 Å². The van der Waals surface area contributed by atoms with E-state index in [9.17, 15) is 4.79 Å². The van der Waals surface area contributed by atoms with Crippen LogP contribution in [0.25, 0.3) is 0 Å². The van der Waals surface area contributed by atoms with Crippen LogP contribution in [0.1, 0.15) is 20.3 Å². The van der Waals surface area contributed by atoms with Crippen LogP contribution in [0.15, 0.2) is 0 Å². The minimum absolute atomic E-state index is 0.0446. The summed E-state index contributed by atoms with van der Waals surface area (Å²) in [5.41, 5.74) is 0.0868. The van der Waals surface area contributed by atoms with Gasteiger partial charge in [0.2, 0.25) is 5.91 Å². The van der Waals surface area contributed by atoms with Crippen molar-refractivity contribution in [3.05, 3.63) is 0 Å². The molecule has 3 nitrogen and oxygen atoms in total. The Bertz CT molecular complexity index is 170. The molecule has 1 fully saturated rings. The SMILES string of the molecule is CC1(C)CCNC(=O)C1NI. The van der Waals surface area contributed by atoms with Crippen LogP contribution >= 0.6 is 22.9 Å². The van der Waals surface area contributed by atoms with Crippen LogP contribution in [0.5, 0.6) is 0 Å². The molecule has 0 bridgehead atoms. The van der Waals surface area contributed by atoms with Gasteiger partial charge in [-0.25, -0.2) is 3.53 Å². The van der Waals surface area contributed by atoms with E-state index in [2.05, 4.69) is 22.7 Å². The molecule has 0 aromatic carbocycles. The monoisotopic (exact) mass is 268 g/mol. The van der Waals surface area contributed by atoms with Gasteiger partial charge in [0, 0.05) is 29.4 Å². The van der Waals surface area contributed by atoms with E-state index < -0.39 is 0 Å². The van der Waals surface area contributed by atoms with Gasteiger partial charge in [0.05, 0.1) is 0 Å². The molecule has 1 atom stereocenters.